The molecule has 2 atom stereocenters. The molecule has 2 aliphatic carbocycles. The van der Waals surface area contributed by atoms with Gasteiger partial charge in [0, 0.05) is 25.2 Å². The zero-order valence-electron chi connectivity index (χ0n) is 12.7. The van der Waals surface area contributed by atoms with E-state index in [9.17, 15) is 0 Å². The first-order chi connectivity index (χ1) is 9.27. The maximum absolute atomic E-state index is 4.42. The number of allylic oxidation sites excluding steroid dienone is 3. The second-order valence-electron chi connectivity index (χ2n) is 5.88. The van der Waals surface area contributed by atoms with Gasteiger partial charge in [-0.15, -0.1) is 0 Å². The fraction of sp³-hybridized carbons (Fsp3) is 0.706. The largest absolute Gasteiger partial charge is 0.391 e. The minimum absolute atomic E-state index is 0.776. The number of nitrogens with zero attached hydrogens (tertiary/aromatic N) is 1. The van der Waals surface area contributed by atoms with Crippen molar-refractivity contribution < 1.29 is 0 Å². The smallest absolute Gasteiger partial charge is 0.0296 e. The van der Waals surface area contributed by atoms with Gasteiger partial charge in [0.15, 0.2) is 0 Å². The molecule has 1 saturated carbocycles. The monoisotopic (exact) mass is 260 g/mol. The highest BCUT2D eigenvalue weighted by atomic mass is 14.8. The summed E-state index contributed by atoms with van der Waals surface area (Å²) in [4.78, 5) is 4.42. The SMILES string of the molecule is CC/C=N\C=C(/C)C1=C(NC)CCC2CCCCC12. The Balaban J connectivity index is 2.27. The van der Waals surface area contributed by atoms with Crippen molar-refractivity contribution in [2.24, 2.45) is 16.8 Å². The zero-order chi connectivity index (χ0) is 13.7. The predicted molar refractivity (Wildman–Crippen MR) is 83.3 cm³/mol. The van der Waals surface area contributed by atoms with Crippen LogP contribution in [0.1, 0.15) is 58.8 Å². The molecule has 0 spiro atoms. The third kappa shape index (κ3) is 3.29. The summed E-state index contributed by atoms with van der Waals surface area (Å²) >= 11 is 0. The Bertz CT molecular complexity index is 390. The maximum Gasteiger partial charge on any atom is 0.0296 e. The Morgan fingerprint density at radius 2 is 2.11 bits per heavy atom. The van der Waals surface area contributed by atoms with Crippen LogP contribution in [0.2, 0.25) is 0 Å². The van der Waals surface area contributed by atoms with Gasteiger partial charge < -0.3 is 5.32 Å². The second-order valence-corrected chi connectivity index (χ2v) is 5.88. The lowest BCUT2D eigenvalue weighted by molar-refractivity contribution is 0.241. The third-order valence-electron chi connectivity index (χ3n) is 4.65. The molecule has 0 aromatic rings. The normalized spacial score (nSPS) is 28.7. The van der Waals surface area contributed by atoms with Crippen molar-refractivity contribution in [2.45, 2.75) is 58.8 Å². The number of hydrogen-bond donors (Lipinski definition) is 1. The highest BCUT2D eigenvalue weighted by Crippen LogP contribution is 2.45. The number of fused-ring (bicyclic) bond motifs is 1. The summed E-state index contributed by atoms with van der Waals surface area (Å²) in [6, 6.07) is 0. The van der Waals surface area contributed by atoms with Gasteiger partial charge in [0.25, 0.3) is 0 Å². The van der Waals surface area contributed by atoms with Gasteiger partial charge in [-0.25, -0.2) is 0 Å². The number of rotatable bonds is 4. The van der Waals surface area contributed by atoms with Crippen molar-refractivity contribution in [2.75, 3.05) is 7.05 Å². The van der Waals surface area contributed by atoms with Crippen LogP contribution < -0.4 is 5.32 Å². The van der Waals surface area contributed by atoms with Crippen molar-refractivity contribution in [3.05, 3.63) is 23.0 Å². The quantitative estimate of drug-likeness (QED) is 0.742. The predicted octanol–water partition coefficient (Wildman–Crippen LogP) is 4.44. The van der Waals surface area contributed by atoms with E-state index in [-0.39, 0.29) is 0 Å². The number of nitrogens with one attached hydrogen (secondary N) is 1. The van der Waals surface area contributed by atoms with Crippen LogP contribution in [0.4, 0.5) is 0 Å². The van der Waals surface area contributed by atoms with E-state index >= 15 is 0 Å². The van der Waals surface area contributed by atoms with E-state index in [0.717, 1.165) is 18.3 Å². The lowest BCUT2D eigenvalue weighted by atomic mass is 9.68. The Morgan fingerprint density at radius 1 is 1.32 bits per heavy atom. The summed E-state index contributed by atoms with van der Waals surface area (Å²) in [5, 5.41) is 3.45. The van der Waals surface area contributed by atoms with Gasteiger partial charge in [-0.3, -0.25) is 4.99 Å². The minimum Gasteiger partial charge on any atom is -0.391 e. The summed E-state index contributed by atoms with van der Waals surface area (Å²) in [5.74, 6) is 1.69. The Hall–Kier alpha value is -1.05. The zero-order valence-corrected chi connectivity index (χ0v) is 12.7. The van der Waals surface area contributed by atoms with Crippen LogP contribution in [0.15, 0.2) is 28.0 Å². The molecule has 0 bridgehead atoms. The van der Waals surface area contributed by atoms with Gasteiger partial charge in [-0.2, -0.15) is 0 Å². The van der Waals surface area contributed by atoms with E-state index in [1.807, 2.05) is 6.21 Å². The number of hydrogen-bond acceptors (Lipinski definition) is 2. The summed E-state index contributed by atoms with van der Waals surface area (Å²) in [7, 11) is 2.07. The lowest BCUT2D eigenvalue weighted by Gasteiger charge is -2.39. The fourth-order valence-electron chi connectivity index (χ4n) is 3.75. The van der Waals surface area contributed by atoms with Gasteiger partial charge in [0.2, 0.25) is 0 Å². The molecule has 0 heterocycles. The molecule has 1 N–H and O–H groups in total. The van der Waals surface area contributed by atoms with E-state index < -0.39 is 0 Å². The molecule has 0 aromatic carbocycles. The number of aliphatic imine (C=N–C) groups is 1. The van der Waals surface area contributed by atoms with Crippen molar-refractivity contribution in [3.8, 4) is 0 Å². The molecular weight excluding hydrogens is 232 g/mol. The molecule has 2 heteroatoms. The average Bonchev–Trinajstić information content (AvgIpc) is 2.46. The van der Waals surface area contributed by atoms with E-state index in [2.05, 4.69) is 37.4 Å². The van der Waals surface area contributed by atoms with Crippen LogP contribution in [-0.4, -0.2) is 13.3 Å². The molecule has 2 rings (SSSR count). The maximum atomic E-state index is 4.42. The van der Waals surface area contributed by atoms with Gasteiger partial charge in [-0.1, -0.05) is 19.8 Å². The average molecular weight is 260 g/mol. The van der Waals surface area contributed by atoms with Crippen LogP contribution in [0.3, 0.4) is 0 Å². The summed E-state index contributed by atoms with van der Waals surface area (Å²) < 4.78 is 0. The van der Waals surface area contributed by atoms with Crippen LogP contribution in [-0.2, 0) is 0 Å². The molecule has 2 unspecified atom stereocenters. The molecule has 0 saturated heterocycles. The van der Waals surface area contributed by atoms with E-state index in [1.165, 1.54) is 49.8 Å². The van der Waals surface area contributed by atoms with Gasteiger partial charge in [-0.05, 0) is 62.0 Å². The summed E-state index contributed by atoms with van der Waals surface area (Å²) in [6.45, 7) is 4.36. The van der Waals surface area contributed by atoms with E-state index in [0.29, 0.717) is 0 Å². The van der Waals surface area contributed by atoms with E-state index in [1.54, 1.807) is 5.57 Å². The fourth-order valence-corrected chi connectivity index (χ4v) is 3.75. The van der Waals surface area contributed by atoms with Crippen molar-refractivity contribution in [1.82, 2.24) is 5.32 Å². The molecule has 0 aliphatic heterocycles. The highest BCUT2D eigenvalue weighted by molar-refractivity contribution is 5.58. The van der Waals surface area contributed by atoms with Crippen LogP contribution >= 0.6 is 0 Å². The molecule has 0 amide bonds. The minimum atomic E-state index is 0.776. The summed E-state index contributed by atoms with van der Waals surface area (Å²) in [6.07, 6.45) is 13.3. The van der Waals surface area contributed by atoms with Crippen LogP contribution in [0, 0.1) is 11.8 Å². The topological polar surface area (TPSA) is 24.4 Å². The molecule has 1 fully saturated rings. The van der Waals surface area contributed by atoms with Gasteiger partial charge in [0.1, 0.15) is 0 Å². The van der Waals surface area contributed by atoms with E-state index in [4.69, 9.17) is 0 Å². The summed E-state index contributed by atoms with van der Waals surface area (Å²) in [5.41, 5.74) is 4.40. The van der Waals surface area contributed by atoms with Crippen LogP contribution in [0.5, 0.6) is 0 Å². The van der Waals surface area contributed by atoms with Crippen molar-refractivity contribution in [3.63, 3.8) is 0 Å². The first-order valence-electron chi connectivity index (χ1n) is 7.87. The van der Waals surface area contributed by atoms with Crippen LogP contribution in [0.25, 0.3) is 0 Å². The standard InChI is InChI=1S/C17H28N2/c1-4-11-19-12-13(2)17-15-8-6-5-7-14(15)9-10-16(17)18-3/h11-12,14-15,18H,4-10H2,1-3H3/b13-12+,19-11-. The lowest BCUT2D eigenvalue weighted by Crippen LogP contribution is -2.29. The third-order valence-corrected chi connectivity index (χ3v) is 4.65. The molecule has 106 valence electrons. The first-order valence-corrected chi connectivity index (χ1v) is 7.87. The Labute approximate surface area is 118 Å². The molecular formula is C17H28N2. The Morgan fingerprint density at radius 3 is 2.84 bits per heavy atom. The molecule has 2 nitrogen and oxygen atoms in total. The van der Waals surface area contributed by atoms with Gasteiger partial charge in [0.05, 0.1) is 0 Å². The van der Waals surface area contributed by atoms with Crippen molar-refractivity contribution >= 4 is 6.21 Å². The molecule has 0 aromatic heterocycles. The molecule has 0 radical (unpaired) electrons. The highest BCUT2D eigenvalue weighted by Gasteiger charge is 2.33. The first kappa shape index (κ1) is 14.4. The molecule has 19 heavy (non-hydrogen) atoms. The van der Waals surface area contributed by atoms with Gasteiger partial charge >= 0.3 is 0 Å². The molecule has 2 aliphatic rings. The second kappa shape index (κ2) is 6.93. The Kier molecular flexibility index (Phi) is 5.24. The van der Waals surface area contributed by atoms with Crippen molar-refractivity contribution in [1.29, 1.82) is 0 Å².